The van der Waals surface area contributed by atoms with Gasteiger partial charge in [-0.25, -0.2) is 4.79 Å². The predicted molar refractivity (Wildman–Crippen MR) is 180 cm³/mol. The number of esters is 1. The number of anilines is 1. The quantitative estimate of drug-likeness (QED) is 0.0792. The standard InChI is InChI=1S/C33H30ClN3O5.2ClH/c34-25-10-11-28(37-32(38)26-16-21-6-1-3-8-23(21)18-29(26)40-14-5-12-35)31(20-25)42-33(39)27-17-22-7-2-4-9-24(22)19-30(27)41-15-13-36;;/h1-4,6-11,16-20H,5,12-15,35-36H2,(H,37,38);2*1H. The van der Waals surface area contributed by atoms with E-state index in [2.05, 4.69) is 5.32 Å². The Morgan fingerprint density at radius 3 is 1.80 bits per heavy atom. The minimum absolute atomic E-state index is 0. The van der Waals surface area contributed by atoms with Gasteiger partial charge in [0.25, 0.3) is 5.91 Å². The molecule has 230 valence electrons. The molecule has 11 heteroatoms. The fourth-order valence-electron chi connectivity index (χ4n) is 4.48. The number of nitrogens with two attached hydrogens (primary N) is 2. The van der Waals surface area contributed by atoms with Crippen LogP contribution in [0, 0.1) is 0 Å². The van der Waals surface area contributed by atoms with E-state index in [0.29, 0.717) is 41.7 Å². The molecule has 8 nitrogen and oxygen atoms in total. The van der Waals surface area contributed by atoms with Crippen molar-refractivity contribution < 1.29 is 23.8 Å². The fourth-order valence-corrected chi connectivity index (χ4v) is 4.64. The summed E-state index contributed by atoms with van der Waals surface area (Å²) in [6.45, 7) is 1.32. The summed E-state index contributed by atoms with van der Waals surface area (Å²) in [4.78, 5) is 27.1. The lowest BCUT2D eigenvalue weighted by molar-refractivity contribution is 0.0730. The van der Waals surface area contributed by atoms with Crippen LogP contribution in [0.4, 0.5) is 5.69 Å². The lowest BCUT2D eigenvalue weighted by Crippen LogP contribution is -2.17. The number of carbonyl (C=O) groups excluding carboxylic acids is 2. The van der Waals surface area contributed by atoms with Crippen LogP contribution >= 0.6 is 36.4 Å². The molecule has 0 atom stereocenters. The summed E-state index contributed by atoms with van der Waals surface area (Å²) < 4.78 is 17.5. The van der Waals surface area contributed by atoms with Crippen LogP contribution in [0.2, 0.25) is 5.02 Å². The number of halogens is 3. The SMILES string of the molecule is Cl.Cl.NCCCOc1cc2ccccc2cc1C(=O)Nc1ccc(Cl)cc1OC(=O)c1cc2ccccc2cc1OCCN. The van der Waals surface area contributed by atoms with Crippen LogP contribution in [0.15, 0.2) is 91.0 Å². The molecule has 0 fully saturated rings. The van der Waals surface area contributed by atoms with Crippen LogP contribution in [0.25, 0.3) is 21.5 Å². The molecule has 0 heterocycles. The normalized spacial score (nSPS) is 10.4. The molecule has 5 N–H and O–H groups in total. The molecular formula is C33H32Cl3N3O5. The first-order chi connectivity index (χ1) is 20.5. The van der Waals surface area contributed by atoms with E-state index >= 15 is 0 Å². The topological polar surface area (TPSA) is 126 Å². The maximum Gasteiger partial charge on any atom is 0.347 e. The largest absolute Gasteiger partial charge is 0.493 e. The summed E-state index contributed by atoms with van der Waals surface area (Å²) in [5.74, 6) is -0.287. The molecule has 0 aliphatic rings. The first kappa shape index (κ1) is 34.4. The van der Waals surface area contributed by atoms with Crippen molar-refractivity contribution in [3.63, 3.8) is 0 Å². The number of fused-ring (bicyclic) bond motifs is 2. The maximum atomic E-state index is 13.6. The lowest BCUT2D eigenvalue weighted by Gasteiger charge is -2.16. The Balaban J connectivity index is 0.00000264. The number of amides is 1. The third kappa shape index (κ3) is 8.11. The van der Waals surface area contributed by atoms with E-state index in [1.807, 2.05) is 54.6 Å². The molecule has 0 bridgehead atoms. The molecule has 0 unspecified atom stereocenters. The Morgan fingerprint density at radius 2 is 1.20 bits per heavy atom. The van der Waals surface area contributed by atoms with Crippen LogP contribution in [0.3, 0.4) is 0 Å². The molecule has 5 aromatic carbocycles. The van der Waals surface area contributed by atoms with Gasteiger partial charge < -0.3 is 31.0 Å². The first-order valence-electron chi connectivity index (χ1n) is 13.5. The average molecular weight is 657 g/mol. The van der Waals surface area contributed by atoms with Crippen LogP contribution in [0.1, 0.15) is 27.1 Å². The summed E-state index contributed by atoms with van der Waals surface area (Å²) >= 11 is 6.27. The summed E-state index contributed by atoms with van der Waals surface area (Å²) in [5, 5.41) is 6.72. The molecule has 1 amide bonds. The van der Waals surface area contributed by atoms with Gasteiger partial charge in [0.1, 0.15) is 23.7 Å². The molecule has 0 spiro atoms. The number of carbonyl (C=O) groups is 2. The van der Waals surface area contributed by atoms with Gasteiger partial charge in [0.05, 0.1) is 17.9 Å². The second-order valence-corrected chi connectivity index (χ2v) is 9.94. The molecule has 5 rings (SSSR count). The van der Waals surface area contributed by atoms with Crippen LogP contribution in [-0.2, 0) is 0 Å². The van der Waals surface area contributed by atoms with Crippen molar-refractivity contribution in [2.75, 3.05) is 31.6 Å². The van der Waals surface area contributed by atoms with E-state index in [1.54, 1.807) is 30.3 Å². The van der Waals surface area contributed by atoms with Gasteiger partial charge in [-0.15, -0.1) is 24.8 Å². The Hall–Kier alpha value is -4.05. The molecule has 0 aliphatic carbocycles. The zero-order valence-corrected chi connectivity index (χ0v) is 26.0. The van der Waals surface area contributed by atoms with Crippen molar-refractivity contribution in [1.29, 1.82) is 0 Å². The number of hydrogen-bond donors (Lipinski definition) is 3. The first-order valence-corrected chi connectivity index (χ1v) is 13.9. The van der Waals surface area contributed by atoms with Gasteiger partial charge in [-0.3, -0.25) is 4.79 Å². The summed E-state index contributed by atoms with van der Waals surface area (Å²) in [5.41, 5.74) is 12.1. The lowest BCUT2D eigenvalue weighted by atomic mass is 10.0. The van der Waals surface area contributed by atoms with Crippen molar-refractivity contribution in [3.8, 4) is 17.2 Å². The highest BCUT2D eigenvalue weighted by molar-refractivity contribution is 6.31. The van der Waals surface area contributed by atoms with Gasteiger partial charge in [-0.05, 0) is 70.9 Å². The molecular weight excluding hydrogens is 625 g/mol. The van der Waals surface area contributed by atoms with Crippen molar-refractivity contribution in [2.24, 2.45) is 11.5 Å². The Labute approximate surface area is 272 Å². The molecule has 0 saturated heterocycles. The minimum atomic E-state index is -0.679. The van der Waals surface area contributed by atoms with E-state index in [0.717, 1.165) is 21.5 Å². The number of rotatable bonds is 11. The van der Waals surface area contributed by atoms with Gasteiger partial charge in [-0.1, -0.05) is 60.1 Å². The highest BCUT2D eigenvalue weighted by Gasteiger charge is 2.21. The second-order valence-electron chi connectivity index (χ2n) is 9.50. The third-order valence-corrected chi connectivity index (χ3v) is 6.77. The molecule has 0 saturated carbocycles. The zero-order valence-electron chi connectivity index (χ0n) is 23.6. The highest BCUT2D eigenvalue weighted by atomic mass is 35.5. The van der Waals surface area contributed by atoms with Gasteiger partial charge >= 0.3 is 5.97 Å². The van der Waals surface area contributed by atoms with Gasteiger partial charge in [0, 0.05) is 17.6 Å². The zero-order chi connectivity index (χ0) is 29.5. The Kier molecular flexibility index (Phi) is 12.6. The van der Waals surface area contributed by atoms with E-state index in [1.165, 1.54) is 6.07 Å². The molecule has 0 aromatic heterocycles. The summed E-state index contributed by atoms with van der Waals surface area (Å²) in [6, 6.07) is 27.0. The summed E-state index contributed by atoms with van der Waals surface area (Å²) in [7, 11) is 0. The Morgan fingerprint density at radius 1 is 0.659 bits per heavy atom. The number of ether oxygens (including phenoxy) is 3. The van der Waals surface area contributed by atoms with E-state index < -0.39 is 11.9 Å². The number of hydrogen-bond acceptors (Lipinski definition) is 7. The Bertz CT molecular complexity index is 1770. The van der Waals surface area contributed by atoms with Crippen molar-refractivity contribution in [2.45, 2.75) is 6.42 Å². The molecule has 0 aliphatic heterocycles. The van der Waals surface area contributed by atoms with E-state index in [9.17, 15) is 9.59 Å². The minimum Gasteiger partial charge on any atom is -0.493 e. The van der Waals surface area contributed by atoms with Crippen molar-refractivity contribution in [3.05, 3.63) is 107 Å². The summed E-state index contributed by atoms with van der Waals surface area (Å²) in [6.07, 6.45) is 0.636. The van der Waals surface area contributed by atoms with Crippen LogP contribution in [0.5, 0.6) is 17.2 Å². The molecule has 5 aromatic rings. The monoisotopic (exact) mass is 655 g/mol. The average Bonchev–Trinajstić information content (AvgIpc) is 3.00. The van der Waals surface area contributed by atoms with Gasteiger partial charge in [-0.2, -0.15) is 0 Å². The fraction of sp³-hybridized carbons (Fsp3) is 0.152. The highest BCUT2D eigenvalue weighted by Crippen LogP contribution is 2.33. The van der Waals surface area contributed by atoms with Crippen molar-refractivity contribution in [1.82, 2.24) is 0 Å². The molecule has 44 heavy (non-hydrogen) atoms. The number of nitrogens with one attached hydrogen (secondary N) is 1. The van der Waals surface area contributed by atoms with Crippen LogP contribution in [-0.4, -0.2) is 38.2 Å². The maximum absolute atomic E-state index is 13.6. The molecule has 0 radical (unpaired) electrons. The predicted octanol–water partition coefficient (Wildman–Crippen LogP) is 7.03. The second kappa shape index (κ2) is 16.1. The smallest absolute Gasteiger partial charge is 0.347 e. The van der Waals surface area contributed by atoms with Gasteiger partial charge in [0.15, 0.2) is 5.75 Å². The number of benzene rings is 5. The van der Waals surface area contributed by atoms with E-state index in [4.69, 9.17) is 37.3 Å². The van der Waals surface area contributed by atoms with Crippen molar-refractivity contribution >= 4 is 75.5 Å². The van der Waals surface area contributed by atoms with Crippen LogP contribution < -0.4 is 31.0 Å². The third-order valence-electron chi connectivity index (χ3n) is 6.54. The van der Waals surface area contributed by atoms with Gasteiger partial charge in [0.2, 0.25) is 0 Å². The van der Waals surface area contributed by atoms with E-state index in [-0.39, 0.29) is 55.0 Å².